The fraction of sp³-hybridized carbons (Fsp3) is 0.0909. The molecule has 0 fully saturated rings. The molecule has 1 aromatic carbocycles. The van der Waals surface area contributed by atoms with Crippen LogP contribution in [0.4, 0.5) is 0 Å². The Kier molecular flexibility index (Phi) is 1.36. The lowest BCUT2D eigenvalue weighted by atomic mass is 10.0. The van der Waals surface area contributed by atoms with Gasteiger partial charge < -0.3 is 4.42 Å². The smallest absolute Gasteiger partial charge is 0.184 e. The van der Waals surface area contributed by atoms with Crippen molar-refractivity contribution in [3.8, 4) is 0 Å². The third-order valence-electron chi connectivity index (χ3n) is 2.39. The van der Waals surface area contributed by atoms with Gasteiger partial charge in [0.05, 0.1) is 6.26 Å². The molecule has 3 heteroatoms. The van der Waals surface area contributed by atoms with Crippen LogP contribution in [0.1, 0.15) is 15.9 Å². The lowest BCUT2D eigenvalue weighted by molar-refractivity contribution is 0.100. The van der Waals surface area contributed by atoms with E-state index in [-0.39, 0.29) is 12.3 Å². The fourth-order valence-corrected chi connectivity index (χ4v) is 1.69. The maximum absolute atomic E-state index is 11.5. The number of aliphatic imine (C=N–C) groups is 1. The molecule has 1 aromatic heterocycles. The van der Waals surface area contributed by atoms with E-state index < -0.39 is 0 Å². The number of benzene rings is 1. The van der Waals surface area contributed by atoms with Crippen LogP contribution in [0.5, 0.6) is 0 Å². The number of rotatable bonds is 0. The maximum Gasteiger partial charge on any atom is 0.184 e. The average molecular weight is 185 g/mol. The highest BCUT2D eigenvalue weighted by Crippen LogP contribution is 2.22. The zero-order valence-electron chi connectivity index (χ0n) is 7.36. The summed E-state index contributed by atoms with van der Waals surface area (Å²) in [7, 11) is 0. The van der Waals surface area contributed by atoms with Gasteiger partial charge in [-0.1, -0.05) is 0 Å². The molecular formula is C11H7NO2. The minimum atomic E-state index is 0.0746. The van der Waals surface area contributed by atoms with Crippen molar-refractivity contribution in [2.45, 2.75) is 0 Å². The minimum absolute atomic E-state index is 0.0746. The number of hydrogen-bond donors (Lipinski definition) is 0. The Morgan fingerprint density at radius 2 is 2.29 bits per heavy atom. The first kappa shape index (κ1) is 7.50. The quantitative estimate of drug-likeness (QED) is 0.630. The Hall–Kier alpha value is -1.90. The summed E-state index contributed by atoms with van der Waals surface area (Å²) in [6, 6.07) is 5.57. The molecule has 14 heavy (non-hydrogen) atoms. The summed E-state index contributed by atoms with van der Waals surface area (Å²) in [5.74, 6) is 0.0746. The number of nitrogens with zero attached hydrogens (tertiary/aromatic N) is 1. The molecule has 0 spiro atoms. The Labute approximate surface area is 80.1 Å². The molecule has 68 valence electrons. The second-order valence-corrected chi connectivity index (χ2v) is 3.29. The molecular weight excluding hydrogens is 178 g/mol. The molecule has 0 N–H and O–H groups in total. The van der Waals surface area contributed by atoms with Crippen LogP contribution in [-0.2, 0) is 0 Å². The van der Waals surface area contributed by atoms with Crippen molar-refractivity contribution in [3.63, 3.8) is 0 Å². The number of ketones is 1. The largest absolute Gasteiger partial charge is 0.464 e. The third kappa shape index (κ3) is 0.923. The molecule has 2 heterocycles. The number of carbonyl (C=O) groups excluding carboxylic acids is 1. The second kappa shape index (κ2) is 2.54. The van der Waals surface area contributed by atoms with Crippen LogP contribution in [0.15, 0.2) is 33.9 Å². The molecule has 0 bridgehead atoms. The number of fused-ring (bicyclic) bond motifs is 2. The van der Waals surface area contributed by atoms with E-state index >= 15 is 0 Å². The van der Waals surface area contributed by atoms with Gasteiger partial charge in [-0.3, -0.25) is 9.79 Å². The number of furan rings is 1. The number of hydrogen-bond acceptors (Lipinski definition) is 3. The summed E-state index contributed by atoms with van der Waals surface area (Å²) < 4.78 is 5.25. The van der Waals surface area contributed by atoms with Gasteiger partial charge in [-0.25, -0.2) is 0 Å². The summed E-state index contributed by atoms with van der Waals surface area (Å²) >= 11 is 0. The Bertz CT molecular complexity index is 551. The molecule has 3 nitrogen and oxygen atoms in total. The van der Waals surface area contributed by atoms with Gasteiger partial charge in [-0.05, 0) is 18.2 Å². The van der Waals surface area contributed by atoms with Crippen LogP contribution in [0.2, 0.25) is 0 Å². The standard InChI is InChI=1S/C11H7NO2/c13-10-6-12-5-8-4-11-7(1-2-14-11)3-9(8)10/h1-5H,6H2. The third-order valence-corrected chi connectivity index (χ3v) is 2.39. The Morgan fingerprint density at radius 3 is 3.21 bits per heavy atom. The summed E-state index contributed by atoms with van der Waals surface area (Å²) in [6.45, 7) is 0.260. The highest BCUT2D eigenvalue weighted by atomic mass is 16.3. The van der Waals surface area contributed by atoms with Gasteiger partial charge >= 0.3 is 0 Å². The molecule has 1 aliphatic rings. The van der Waals surface area contributed by atoms with Crippen molar-refractivity contribution in [1.82, 2.24) is 0 Å². The number of Topliss-reactive ketones (excluding diaryl/α,β-unsaturated/α-hetero) is 1. The van der Waals surface area contributed by atoms with Crippen LogP contribution in [0.25, 0.3) is 11.0 Å². The molecule has 2 aromatic rings. The molecule has 0 radical (unpaired) electrons. The van der Waals surface area contributed by atoms with Gasteiger partial charge in [0.25, 0.3) is 0 Å². The lowest BCUT2D eigenvalue weighted by Crippen LogP contribution is -2.11. The summed E-state index contributed by atoms with van der Waals surface area (Å²) in [5, 5.41) is 0.965. The van der Waals surface area contributed by atoms with Crippen molar-refractivity contribution < 1.29 is 9.21 Å². The van der Waals surface area contributed by atoms with Gasteiger partial charge in [-0.2, -0.15) is 0 Å². The van der Waals surface area contributed by atoms with E-state index in [2.05, 4.69) is 4.99 Å². The van der Waals surface area contributed by atoms with Gasteiger partial charge in [-0.15, -0.1) is 0 Å². The average Bonchev–Trinajstić information content (AvgIpc) is 2.62. The predicted octanol–water partition coefficient (Wildman–Crippen LogP) is 2.05. The van der Waals surface area contributed by atoms with E-state index in [0.717, 1.165) is 22.1 Å². The monoisotopic (exact) mass is 185 g/mol. The molecule has 0 aliphatic carbocycles. The highest BCUT2D eigenvalue weighted by Gasteiger charge is 2.15. The Balaban J connectivity index is 2.39. The summed E-state index contributed by atoms with van der Waals surface area (Å²) in [5.41, 5.74) is 2.39. The van der Waals surface area contributed by atoms with E-state index in [4.69, 9.17) is 4.42 Å². The zero-order chi connectivity index (χ0) is 9.54. The van der Waals surface area contributed by atoms with Crippen molar-refractivity contribution in [3.05, 3.63) is 35.6 Å². The first-order chi connectivity index (χ1) is 6.84. The maximum atomic E-state index is 11.5. The van der Waals surface area contributed by atoms with Gasteiger partial charge in [0.1, 0.15) is 12.1 Å². The normalized spacial score (nSPS) is 14.7. The molecule has 0 saturated carbocycles. The minimum Gasteiger partial charge on any atom is -0.464 e. The fourth-order valence-electron chi connectivity index (χ4n) is 1.69. The predicted molar refractivity (Wildman–Crippen MR) is 53.0 cm³/mol. The molecule has 0 atom stereocenters. The summed E-state index contributed by atoms with van der Waals surface area (Å²) in [6.07, 6.45) is 3.34. The molecule has 1 aliphatic heterocycles. The van der Waals surface area contributed by atoms with Crippen molar-refractivity contribution >= 4 is 23.0 Å². The topological polar surface area (TPSA) is 42.6 Å². The van der Waals surface area contributed by atoms with Crippen LogP contribution in [0.3, 0.4) is 0 Å². The van der Waals surface area contributed by atoms with Gasteiger partial charge in [0.15, 0.2) is 5.78 Å². The van der Waals surface area contributed by atoms with E-state index in [0.29, 0.717) is 0 Å². The van der Waals surface area contributed by atoms with Gasteiger partial charge in [0.2, 0.25) is 0 Å². The van der Waals surface area contributed by atoms with Crippen LogP contribution < -0.4 is 0 Å². The van der Waals surface area contributed by atoms with Crippen LogP contribution in [0, 0.1) is 0 Å². The first-order valence-corrected chi connectivity index (χ1v) is 4.39. The van der Waals surface area contributed by atoms with Crippen LogP contribution >= 0.6 is 0 Å². The molecule has 0 amide bonds. The first-order valence-electron chi connectivity index (χ1n) is 4.39. The SMILES string of the molecule is O=C1CN=Cc2cc3occc3cc21. The Morgan fingerprint density at radius 1 is 1.36 bits per heavy atom. The zero-order valence-corrected chi connectivity index (χ0v) is 7.36. The van der Waals surface area contributed by atoms with Crippen molar-refractivity contribution in [1.29, 1.82) is 0 Å². The molecule has 0 saturated heterocycles. The van der Waals surface area contributed by atoms with Crippen molar-refractivity contribution in [2.75, 3.05) is 6.54 Å². The van der Waals surface area contributed by atoms with Gasteiger partial charge in [0, 0.05) is 22.7 Å². The van der Waals surface area contributed by atoms with Crippen LogP contribution in [-0.4, -0.2) is 18.5 Å². The van der Waals surface area contributed by atoms with Crippen molar-refractivity contribution in [2.24, 2.45) is 4.99 Å². The summed E-state index contributed by atoms with van der Waals surface area (Å²) in [4.78, 5) is 15.5. The van der Waals surface area contributed by atoms with E-state index in [1.807, 2.05) is 18.2 Å². The van der Waals surface area contributed by atoms with E-state index in [9.17, 15) is 4.79 Å². The van der Waals surface area contributed by atoms with E-state index in [1.165, 1.54) is 0 Å². The molecule has 3 rings (SSSR count). The lowest BCUT2D eigenvalue weighted by Gasteiger charge is -2.07. The second-order valence-electron chi connectivity index (χ2n) is 3.29. The number of carbonyl (C=O) groups is 1. The molecule has 0 unspecified atom stereocenters. The highest BCUT2D eigenvalue weighted by molar-refractivity contribution is 6.10. The van der Waals surface area contributed by atoms with E-state index in [1.54, 1.807) is 12.5 Å².